The van der Waals surface area contributed by atoms with E-state index in [1.54, 1.807) is 30.3 Å². The first-order chi connectivity index (χ1) is 14.8. The number of aliphatic carboxylic acids is 1. The Labute approximate surface area is 179 Å². The molecule has 1 amide bonds. The van der Waals surface area contributed by atoms with Gasteiger partial charge in [-0.2, -0.15) is 0 Å². The number of benzene rings is 1. The minimum atomic E-state index is -2.33. The number of nitrogens with two attached hydrogens (primary N) is 1. The van der Waals surface area contributed by atoms with Crippen LogP contribution in [0.25, 0.3) is 0 Å². The highest BCUT2D eigenvalue weighted by atomic mass is 16.6. The van der Waals surface area contributed by atoms with E-state index in [4.69, 9.17) is 15.2 Å². The molecule has 1 aromatic rings. The third-order valence-corrected chi connectivity index (χ3v) is 5.27. The first-order valence-electron chi connectivity index (χ1n) is 10.0. The van der Waals surface area contributed by atoms with Gasteiger partial charge in [0.05, 0.1) is 13.2 Å². The molecule has 11 heteroatoms. The standard InChI is InChI=1S/C20H30N2O9/c21-9-5-4-8-14(18(27)28)22(19(29)30-11-13-6-2-1-3-7-13)20(12-24)17(26)16(25)15(10-23)31-20/h1-3,6-7,14-17,23-26H,4-5,8-12,21H2,(H,27,28)/t14-,15+,16+,17-,20?/m0/s1. The highest BCUT2D eigenvalue weighted by Crippen LogP contribution is 2.37. The zero-order valence-electron chi connectivity index (χ0n) is 17.0. The monoisotopic (exact) mass is 442 g/mol. The lowest BCUT2D eigenvalue weighted by atomic mass is 9.98. The second kappa shape index (κ2) is 11.4. The Balaban J connectivity index is 2.39. The molecule has 0 saturated carbocycles. The number of aliphatic hydroxyl groups is 4. The van der Waals surface area contributed by atoms with E-state index in [0.717, 1.165) is 0 Å². The van der Waals surface area contributed by atoms with Gasteiger partial charge in [0.2, 0.25) is 0 Å². The van der Waals surface area contributed by atoms with Crippen LogP contribution < -0.4 is 5.73 Å². The maximum absolute atomic E-state index is 13.1. The summed E-state index contributed by atoms with van der Waals surface area (Å²) < 4.78 is 10.8. The van der Waals surface area contributed by atoms with Gasteiger partial charge in [-0.1, -0.05) is 30.3 Å². The molecule has 5 atom stereocenters. The Hall–Kier alpha value is -2.28. The molecule has 11 nitrogen and oxygen atoms in total. The normalized spacial score (nSPS) is 26.4. The molecule has 0 aromatic heterocycles. The number of hydrogen-bond donors (Lipinski definition) is 6. The van der Waals surface area contributed by atoms with Crippen molar-refractivity contribution < 1.29 is 44.6 Å². The summed E-state index contributed by atoms with van der Waals surface area (Å²) in [7, 11) is 0. The molecule has 1 unspecified atom stereocenters. The first-order valence-corrected chi connectivity index (χ1v) is 10.0. The molecular formula is C20H30N2O9. The molecule has 7 N–H and O–H groups in total. The number of unbranched alkanes of at least 4 members (excludes halogenated alkanes) is 1. The van der Waals surface area contributed by atoms with Crippen molar-refractivity contribution in [2.45, 2.75) is 55.9 Å². The summed E-state index contributed by atoms with van der Waals surface area (Å²) >= 11 is 0. The van der Waals surface area contributed by atoms with Crippen molar-refractivity contribution in [1.29, 1.82) is 0 Å². The Morgan fingerprint density at radius 2 is 1.87 bits per heavy atom. The van der Waals surface area contributed by atoms with Crippen LogP contribution in [0.3, 0.4) is 0 Å². The molecule has 0 aliphatic carbocycles. The van der Waals surface area contributed by atoms with E-state index in [2.05, 4.69) is 0 Å². The van der Waals surface area contributed by atoms with Crippen molar-refractivity contribution >= 4 is 12.1 Å². The van der Waals surface area contributed by atoms with E-state index >= 15 is 0 Å². The number of rotatable bonds is 11. The molecule has 1 heterocycles. The lowest BCUT2D eigenvalue weighted by Gasteiger charge is -2.43. The molecule has 0 radical (unpaired) electrons. The largest absolute Gasteiger partial charge is 0.480 e. The third kappa shape index (κ3) is 5.50. The fourth-order valence-electron chi connectivity index (χ4n) is 3.60. The number of carbonyl (C=O) groups is 2. The van der Waals surface area contributed by atoms with E-state index in [9.17, 15) is 35.1 Å². The lowest BCUT2D eigenvalue weighted by Crippen LogP contribution is -2.66. The Bertz CT molecular complexity index is 720. The van der Waals surface area contributed by atoms with Gasteiger partial charge >= 0.3 is 12.1 Å². The van der Waals surface area contributed by atoms with Crippen LogP contribution in [0.15, 0.2) is 30.3 Å². The summed E-state index contributed by atoms with van der Waals surface area (Å²) in [5.41, 5.74) is 3.77. The van der Waals surface area contributed by atoms with E-state index in [1.807, 2.05) is 0 Å². The van der Waals surface area contributed by atoms with Crippen molar-refractivity contribution in [2.24, 2.45) is 5.73 Å². The van der Waals surface area contributed by atoms with Crippen molar-refractivity contribution in [1.82, 2.24) is 4.90 Å². The molecule has 31 heavy (non-hydrogen) atoms. The van der Waals surface area contributed by atoms with E-state index < -0.39 is 55.4 Å². The number of amides is 1. The van der Waals surface area contributed by atoms with Crippen molar-refractivity contribution in [2.75, 3.05) is 19.8 Å². The summed E-state index contributed by atoms with van der Waals surface area (Å²) in [4.78, 5) is 25.7. The Kier molecular flexibility index (Phi) is 9.16. The maximum Gasteiger partial charge on any atom is 0.413 e. The van der Waals surface area contributed by atoms with Gasteiger partial charge in [0.25, 0.3) is 0 Å². The lowest BCUT2D eigenvalue weighted by molar-refractivity contribution is -0.211. The first kappa shape index (κ1) is 25.0. The summed E-state index contributed by atoms with van der Waals surface area (Å²) in [5.74, 6) is -1.42. The molecule has 1 aliphatic rings. The maximum atomic E-state index is 13.1. The predicted octanol–water partition coefficient (Wildman–Crippen LogP) is -0.991. The van der Waals surface area contributed by atoms with Crippen LogP contribution in [0.5, 0.6) is 0 Å². The number of hydrogen-bond acceptors (Lipinski definition) is 9. The van der Waals surface area contributed by atoms with Crippen molar-refractivity contribution in [3.63, 3.8) is 0 Å². The van der Waals surface area contributed by atoms with Gasteiger partial charge in [-0.25, -0.2) is 9.59 Å². The molecule has 0 bridgehead atoms. The fourth-order valence-corrected chi connectivity index (χ4v) is 3.60. The van der Waals surface area contributed by atoms with Crippen LogP contribution in [0, 0.1) is 0 Å². The predicted molar refractivity (Wildman–Crippen MR) is 107 cm³/mol. The molecule has 1 aliphatic heterocycles. The van der Waals surface area contributed by atoms with E-state index in [0.29, 0.717) is 29.8 Å². The van der Waals surface area contributed by atoms with Gasteiger partial charge in [0, 0.05) is 0 Å². The molecule has 0 spiro atoms. The highest BCUT2D eigenvalue weighted by Gasteiger charge is 2.61. The van der Waals surface area contributed by atoms with Gasteiger partial charge < -0.3 is 40.7 Å². The van der Waals surface area contributed by atoms with E-state index in [1.165, 1.54) is 0 Å². The van der Waals surface area contributed by atoms with Gasteiger partial charge in [-0.3, -0.25) is 4.90 Å². The SMILES string of the molecule is NCCCC[C@@H](C(=O)O)N(C(=O)OCc1ccccc1)C1(CO)O[C@H](CO)[C@@H](O)[C@@H]1O. The van der Waals surface area contributed by atoms with Gasteiger partial charge in [0.1, 0.15) is 31.0 Å². The van der Waals surface area contributed by atoms with Crippen LogP contribution >= 0.6 is 0 Å². The fraction of sp³-hybridized carbons (Fsp3) is 0.600. The second-order valence-electron chi connectivity index (χ2n) is 7.33. The molecule has 1 fully saturated rings. The number of carboxylic acids is 1. The molecule has 174 valence electrons. The highest BCUT2D eigenvalue weighted by molar-refractivity contribution is 5.80. The van der Waals surface area contributed by atoms with Crippen LogP contribution in [0.4, 0.5) is 4.79 Å². The van der Waals surface area contributed by atoms with Crippen LogP contribution in [0.1, 0.15) is 24.8 Å². The minimum absolute atomic E-state index is 0.0648. The quantitative estimate of drug-likeness (QED) is 0.233. The second-order valence-corrected chi connectivity index (χ2v) is 7.33. The molecular weight excluding hydrogens is 412 g/mol. The summed E-state index contributed by atoms with van der Waals surface area (Å²) in [6, 6.07) is 7.07. The number of nitrogens with zero attached hydrogens (tertiary/aromatic N) is 1. The van der Waals surface area contributed by atoms with Crippen LogP contribution in [0.2, 0.25) is 0 Å². The topological polar surface area (TPSA) is 183 Å². The van der Waals surface area contributed by atoms with E-state index in [-0.39, 0.29) is 13.0 Å². The van der Waals surface area contributed by atoms with Crippen LogP contribution in [-0.4, -0.2) is 92.3 Å². The van der Waals surface area contributed by atoms with Gasteiger partial charge in [-0.05, 0) is 31.4 Å². The Morgan fingerprint density at radius 3 is 2.39 bits per heavy atom. The van der Waals surface area contributed by atoms with Crippen molar-refractivity contribution in [3.8, 4) is 0 Å². The smallest absolute Gasteiger partial charge is 0.413 e. The third-order valence-electron chi connectivity index (χ3n) is 5.27. The average Bonchev–Trinajstić information content (AvgIpc) is 3.03. The van der Waals surface area contributed by atoms with Crippen LogP contribution in [-0.2, 0) is 20.9 Å². The van der Waals surface area contributed by atoms with Gasteiger partial charge in [0.15, 0.2) is 5.72 Å². The number of carbonyl (C=O) groups excluding carboxylic acids is 1. The summed E-state index contributed by atoms with van der Waals surface area (Å²) in [5, 5.41) is 50.1. The average molecular weight is 442 g/mol. The Morgan fingerprint density at radius 1 is 1.19 bits per heavy atom. The number of carboxylic acid groups (broad SMARTS) is 1. The zero-order valence-corrected chi connectivity index (χ0v) is 17.0. The molecule has 2 rings (SSSR count). The molecule has 1 aromatic carbocycles. The number of aliphatic hydroxyl groups excluding tert-OH is 4. The summed E-state index contributed by atoms with van der Waals surface area (Å²) in [6.07, 6.45) is -5.32. The zero-order chi connectivity index (χ0) is 23.0. The summed E-state index contributed by atoms with van der Waals surface area (Å²) in [6.45, 7) is -1.66. The van der Waals surface area contributed by atoms with Crippen molar-refractivity contribution in [3.05, 3.63) is 35.9 Å². The minimum Gasteiger partial charge on any atom is -0.480 e. The molecule has 1 saturated heterocycles. The number of ether oxygens (including phenoxy) is 2. The van der Waals surface area contributed by atoms with Gasteiger partial charge in [-0.15, -0.1) is 0 Å².